The fourth-order valence-corrected chi connectivity index (χ4v) is 1.92. The molecule has 0 saturated heterocycles. The largest absolute Gasteiger partial charge is 0.366 e. The fourth-order valence-electron chi connectivity index (χ4n) is 1.73. The molecule has 7 heteroatoms. The minimum absolute atomic E-state index is 0.0740. The average Bonchev–Trinajstić information content (AvgIpc) is 2.43. The number of nitrogens with zero attached hydrogens (tertiary/aromatic N) is 1. The topological polar surface area (TPSA) is 85.1 Å². The van der Waals surface area contributed by atoms with Crippen molar-refractivity contribution in [2.75, 3.05) is 5.32 Å². The molecule has 0 unspecified atom stereocenters. The summed E-state index contributed by atoms with van der Waals surface area (Å²) >= 11 is 5.76. The van der Waals surface area contributed by atoms with Crippen LogP contribution in [0.2, 0.25) is 5.15 Å². The van der Waals surface area contributed by atoms with E-state index in [1.165, 1.54) is 12.1 Å². The first-order chi connectivity index (χ1) is 9.88. The fraction of sp³-hybridized carbons (Fsp3) is 0.0714. The van der Waals surface area contributed by atoms with Gasteiger partial charge in [-0.25, -0.2) is 9.37 Å². The number of anilines is 1. The van der Waals surface area contributed by atoms with Crippen LogP contribution in [0.3, 0.4) is 0 Å². The molecule has 108 valence electrons. The summed E-state index contributed by atoms with van der Waals surface area (Å²) in [6, 6.07) is 5.56. The maximum absolute atomic E-state index is 13.1. The molecular weight excluding hydrogens is 297 g/mol. The van der Waals surface area contributed by atoms with E-state index >= 15 is 0 Å². The summed E-state index contributed by atoms with van der Waals surface area (Å²) in [4.78, 5) is 26.7. The Morgan fingerprint density at radius 3 is 2.67 bits per heavy atom. The van der Waals surface area contributed by atoms with Gasteiger partial charge in [0.15, 0.2) is 0 Å². The van der Waals surface area contributed by atoms with Gasteiger partial charge in [0.1, 0.15) is 11.0 Å². The van der Waals surface area contributed by atoms with Crippen LogP contribution in [0.5, 0.6) is 0 Å². The predicted octanol–water partition coefficient (Wildman–Crippen LogP) is 2.53. The smallest absolute Gasteiger partial charge is 0.258 e. The van der Waals surface area contributed by atoms with Crippen molar-refractivity contribution < 1.29 is 14.0 Å². The van der Waals surface area contributed by atoms with Gasteiger partial charge in [0.05, 0.1) is 11.8 Å². The van der Waals surface area contributed by atoms with Crippen molar-refractivity contribution in [1.29, 1.82) is 0 Å². The molecule has 2 aromatic rings. The Morgan fingerprint density at radius 2 is 2.05 bits per heavy atom. The van der Waals surface area contributed by atoms with Crippen LogP contribution in [-0.4, -0.2) is 16.8 Å². The predicted molar refractivity (Wildman–Crippen MR) is 76.9 cm³/mol. The molecule has 5 nitrogen and oxygen atoms in total. The number of aromatic nitrogens is 1. The van der Waals surface area contributed by atoms with Crippen LogP contribution in [0.4, 0.5) is 10.1 Å². The molecule has 0 aliphatic heterocycles. The molecule has 0 bridgehead atoms. The van der Waals surface area contributed by atoms with E-state index in [4.69, 9.17) is 17.3 Å². The Hall–Kier alpha value is -2.47. The third-order valence-corrected chi connectivity index (χ3v) is 3.11. The van der Waals surface area contributed by atoms with E-state index in [1.807, 2.05) is 0 Å². The maximum atomic E-state index is 13.1. The van der Waals surface area contributed by atoms with Gasteiger partial charge in [0, 0.05) is 11.3 Å². The van der Waals surface area contributed by atoms with Gasteiger partial charge in [-0.15, -0.1) is 0 Å². The molecule has 1 aromatic carbocycles. The van der Waals surface area contributed by atoms with Crippen molar-refractivity contribution in [3.8, 4) is 0 Å². The SMILES string of the molecule is Cc1cc(C(N)=O)ccc1NC(=O)c1cc(F)cnc1Cl. The van der Waals surface area contributed by atoms with Crippen molar-refractivity contribution in [1.82, 2.24) is 4.98 Å². The third-order valence-electron chi connectivity index (χ3n) is 2.81. The molecule has 1 aromatic heterocycles. The van der Waals surface area contributed by atoms with Crippen LogP contribution < -0.4 is 11.1 Å². The zero-order valence-electron chi connectivity index (χ0n) is 11.0. The van der Waals surface area contributed by atoms with Gasteiger partial charge < -0.3 is 11.1 Å². The number of hydrogen-bond acceptors (Lipinski definition) is 3. The molecule has 0 fully saturated rings. The van der Waals surface area contributed by atoms with Crippen LogP contribution in [0, 0.1) is 12.7 Å². The molecule has 0 saturated carbocycles. The Balaban J connectivity index is 2.27. The Morgan fingerprint density at radius 1 is 1.33 bits per heavy atom. The zero-order chi connectivity index (χ0) is 15.6. The van der Waals surface area contributed by atoms with Crippen molar-refractivity contribution in [2.45, 2.75) is 6.92 Å². The molecule has 0 spiro atoms. The molecule has 1 heterocycles. The molecule has 0 radical (unpaired) electrons. The van der Waals surface area contributed by atoms with Crippen molar-refractivity contribution in [3.05, 3.63) is 58.1 Å². The second-order valence-electron chi connectivity index (χ2n) is 4.34. The molecule has 21 heavy (non-hydrogen) atoms. The lowest BCUT2D eigenvalue weighted by molar-refractivity contribution is 0.0998. The molecule has 0 atom stereocenters. The Labute approximate surface area is 124 Å². The highest BCUT2D eigenvalue weighted by atomic mass is 35.5. The van der Waals surface area contributed by atoms with Crippen molar-refractivity contribution in [3.63, 3.8) is 0 Å². The molecule has 2 amide bonds. The first kappa shape index (κ1) is 14.9. The highest BCUT2D eigenvalue weighted by molar-refractivity contribution is 6.33. The van der Waals surface area contributed by atoms with Gasteiger partial charge >= 0.3 is 0 Å². The number of nitrogens with one attached hydrogen (secondary N) is 1. The van der Waals surface area contributed by atoms with E-state index in [1.54, 1.807) is 13.0 Å². The summed E-state index contributed by atoms with van der Waals surface area (Å²) < 4.78 is 13.1. The molecule has 0 aliphatic carbocycles. The number of halogens is 2. The third kappa shape index (κ3) is 3.35. The summed E-state index contributed by atoms with van der Waals surface area (Å²) in [6.45, 7) is 1.70. The van der Waals surface area contributed by atoms with Crippen LogP contribution in [0.1, 0.15) is 26.3 Å². The van der Waals surface area contributed by atoms with Crippen LogP contribution in [0.15, 0.2) is 30.5 Å². The number of aryl methyl sites for hydroxylation is 1. The van der Waals surface area contributed by atoms with Crippen molar-refractivity contribution >= 4 is 29.1 Å². The summed E-state index contributed by atoms with van der Waals surface area (Å²) in [7, 11) is 0. The van der Waals surface area contributed by atoms with Crippen LogP contribution >= 0.6 is 11.6 Å². The molecule has 2 rings (SSSR count). The number of benzene rings is 1. The lowest BCUT2D eigenvalue weighted by Gasteiger charge is -2.10. The number of amides is 2. The van der Waals surface area contributed by atoms with Crippen LogP contribution in [0.25, 0.3) is 0 Å². The van der Waals surface area contributed by atoms with E-state index < -0.39 is 17.6 Å². The first-order valence-electron chi connectivity index (χ1n) is 5.91. The number of carbonyl (C=O) groups excluding carboxylic acids is 2. The summed E-state index contributed by atoms with van der Waals surface area (Å²) in [6.07, 6.45) is 0.923. The number of nitrogens with two attached hydrogens (primary N) is 1. The minimum atomic E-state index is -0.662. The zero-order valence-corrected chi connectivity index (χ0v) is 11.7. The van der Waals surface area contributed by atoms with Gasteiger partial charge in [-0.2, -0.15) is 0 Å². The van der Waals surface area contributed by atoms with Gasteiger partial charge in [0.2, 0.25) is 5.91 Å². The number of pyridine rings is 1. The van der Waals surface area contributed by atoms with Gasteiger partial charge in [-0.05, 0) is 36.8 Å². The maximum Gasteiger partial charge on any atom is 0.258 e. The number of rotatable bonds is 3. The standard InChI is InChI=1S/C14H11ClFN3O2/c1-7-4-8(13(17)20)2-3-11(7)19-14(21)10-5-9(16)6-18-12(10)15/h2-6H,1H3,(H2,17,20)(H,19,21). The number of primary amides is 1. The number of hydrogen-bond donors (Lipinski definition) is 2. The minimum Gasteiger partial charge on any atom is -0.366 e. The van der Waals surface area contributed by atoms with Gasteiger partial charge in [-0.1, -0.05) is 11.6 Å². The highest BCUT2D eigenvalue weighted by Gasteiger charge is 2.14. The van der Waals surface area contributed by atoms with Crippen molar-refractivity contribution in [2.24, 2.45) is 5.73 Å². The molecular formula is C14H11ClFN3O2. The Kier molecular flexibility index (Phi) is 4.18. The molecule has 3 N–H and O–H groups in total. The van der Waals surface area contributed by atoms with E-state index in [0.29, 0.717) is 16.8 Å². The second-order valence-corrected chi connectivity index (χ2v) is 4.70. The number of carbonyl (C=O) groups is 2. The first-order valence-corrected chi connectivity index (χ1v) is 6.29. The van der Waals surface area contributed by atoms with Crippen LogP contribution in [-0.2, 0) is 0 Å². The summed E-state index contributed by atoms with van der Waals surface area (Å²) in [5.41, 5.74) is 6.53. The van der Waals surface area contributed by atoms with E-state index in [2.05, 4.69) is 10.3 Å². The Bertz CT molecular complexity index is 734. The van der Waals surface area contributed by atoms with Gasteiger partial charge in [-0.3, -0.25) is 9.59 Å². The quantitative estimate of drug-likeness (QED) is 0.854. The normalized spacial score (nSPS) is 10.2. The summed E-state index contributed by atoms with van der Waals surface area (Å²) in [5.74, 6) is -1.82. The average molecular weight is 308 g/mol. The lowest BCUT2D eigenvalue weighted by atomic mass is 10.1. The monoisotopic (exact) mass is 307 g/mol. The van der Waals surface area contributed by atoms with E-state index in [9.17, 15) is 14.0 Å². The second kappa shape index (κ2) is 5.88. The lowest BCUT2D eigenvalue weighted by Crippen LogP contribution is -2.15. The highest BCUT2D eigenvalue weighted by Crippen LogP contribution is 2.20. The van der Waals surface area contributed by atoms with Gasteiger partial charge in [0.25, 0.3) is 5.91 Å². The summed E-state index contributed by atoms with van der Waals surface area (Å²) in [5, 5.41) is 2.48. The van der Waals surface area contributed by atoms with E-state index in [-0.39, 0.29) is 10.7 Å². The van der Waals surface area contributed by atoms with E-state index in [0.717, 1.165) is 12.3 Å². The molecule has 0 aliphatic rings.